The van der Waals surface area contributed by atoms with Gasteiger partial charge in [-0.25, -0.2) is 0 Å². The first kappa shape index (κ1) is 7.44. The molecule has 2 nitrogen and oxygen atoms in total. The maximum Gasteiger partial charge on any atom is 0.0970 e. The van der Waals surface area contributed by atoms with Crippen LogP contribution in [0.3, 0.4) is 0 Å². The highest BCUT2D eigenvalue weighted by molar-refractivity contribution is 5.97. The van der Waals surface area contributed by atoms with Gasteiger partial charge in [0.2, 0.25) is 0 Å². The molecule has 0 N–H and O–H groups in total. The van der Waals surface area contributed by atoms with Gasteiger partial charge in [0.25, 0.3) is 0 Å². The van der Waals surface area contributed by atoms with Crippen molar-refractivity contribution in [2.45, 2.75) is 0 Å². The topological polar surface area (TPSA) is 25.8 Å². The molecule has 2 heterocycles. The summed E-state index contributed by atoms with van der Waals surface area (Å²) in [5.74, 6) is 0. The van der Waals surface area contributed by atoms with Crippen LogP contribution in [0.15, 0.2) is 43.2 Å². The van der Waals surface area contributed by atoms with Gasteiger partial charge >= 0.3 is 0 Å². The Morgan fingerprint density at radius 1 is 0.857 bits per heavy atom. The number of rotatable bonds is 0. The highest BCUT2D eigenvalue weighted by Gasteiger charge is 2.23. The molecule has 0 fully saturated rings. The Balaban J connectivity index is 2.42. The normalized spacial score (nSPS) is 12.4. The van der Waals surface area contributed by atoms with Gasteiger partial charge in [0.1, 0.15) is 0 Å². The molecule has 1 aliphatic carbocycles. The third-order valence-corrected chi connectivity index (χ3v) is 2.49. The summed E-state index contributed by atoms with van der Waals surface area (Å²) >= 11 is 0. The van der Waals surface area contributed by atoms with E-state index in [1.165, 1.54) is 0 Å². The van der Waals surface area contributed by atoms with E-state index in [4.69, 9.17) is 0 Å². The minimum absolute atomic E-state index is 0.952. The van der Waals surface area contributed by atoms with Crippen LogP contribution in [0, 0.1) is 0 Å². The smallest absolute Gasteiger partial charge is 0.0970 e. The summed E-state index contributed by atoms with van der Waals surface area (Å²) in [6.45, 7) is 4.06. The summed E-state index contributed by atoms with van der Waals surface area (Å²) < 4.78 is 0. The lowest BCUT2D eigenvalue weighted by molar-refractivity contribution is 1.26. The number of hydrogen-bond acceptors (Lipinski definition) is 2. The first-order valence-corrected chi connectivity index (χ1v) is 4.48. The molecule has 0 atom stereocenters. The summed E-state index contributed by atoms with van der Waals surface area (Å²) in [6.07, 6.45) is 3.58. The molecule has 1 aliphatic rings. The van der Waals surface area contributed by atoms with Crippen LogP contribution in [0.1, 0.15) is 11.1 Å². The zero-order valence-electron chi connectivity index (χ0n) is 7.57. The van der Waals surface area contributed by atoms with Crippen LogP contribution in [0.4, 0.5) is 0 Å². The van der Waals surface area contributed by atoms with Gasteiger partial charge in [0, 0.05) is 23.5 Å². The average molecular weight is 180 g/mol. The monoisotopic (exact) mass is 180 g/mol. The van der Waals surface area contributed by atoms with Gasteiger partial charge in [-0.05, 0) is 17.7 Å². The fourth-order valence-electron chi connectivity index (χ4n) is 1.82. The summed E-state index contributed by atoms with van der Waals surface area (Å²) in [6, 6.07) is 7.92. The lowest BCUT2D eigenvalue weighted by Gasteiger charge is -1.95. The number of fused-ring (bicyclic) bond motifs is 3. The minimum Gasteiger partial charge on any atom is -0.254 e. The predicted molar refractivity (Wildman–Crippen MR) is 55.6 cm³/mol. The summed E-state index contributed by atoms with van der Waals surface area (Å²) in [5, 5.41) is 0. The highest BCUT2D eigenvalue weighted by Crippen LogP contribution is 2.39. The van der Waals surface area contributed by atoms with Crippen LogP contribution < -0.4 is 0 Å². The van der Waals surface area contributed by atoms with Crippen molar-refractivity contribution in [1.82, 2.24) is 9.97 Å². The Hall–Kier alpha value is -1.96. The molecule has 0 spiro atoms. The van der Waals surface area contributed by atoms with Crippen molar-refractivity contribution < 1.29 is 0 Å². The fraction of sp³-hybridized carbons (Fsp3) is 0. The second-order valence-electron chi connectivity index (χ2n) is 3.28. The summed E-state index contributed by atoms with van der Waals surface area (Å²) in [7, 11) is 0. The van der Waals surface area contributed by atoms with Gasteiger partial charge in [-0.3, -0.25) is 9.97 Å². The van der Waals surface area contributed by atoms with Crippen molar-refractivity contribution in [3.63, 3.8) is 0 Å². The standard InChI is InChI=1S/C12H8N2/c1-8-9-4-2-6-13-11(9)12-10(8)5-3-7-14-12/h2-7H,1H2. The SMILES string of the molecule is C=C1c2cccnc2-c2ncccc21. The van der Waals surface area contributed by atoms with Crippen molar-refractivity contribution in [2.24, 2.45) is 0 Å². The van der Waals surface area contributed by atoms with Gasteiger partial charge in [-0.1, -0.05) is 18.7 Å². The highest BCUT2D eigenvalue weighted by atomic mass is 14.8. The molecule has 0 radical (unpaired) electrons. The first-order chi connectivity index (χ1) is 6.88. The molecule has 2 aromatic rings. The third-order valence-electron chi connectivity index (χ3n) is 2.49. The molecule has 0 aromatic carbocycles. The van der Waals surface area contributed by atoms with Gasteiger partial charge in [0.15, 0.2) is 0 Å². The van der Waals surface area contributed by atoms with Crippen LogP contribution in [-0.2, 0) is 0 Å². The van der Waals surface area contributed by atoms with Crippen LogP contribution >= 0.6 is 0 Å². The van der Waals surface area contributed by atoms with Crippen molar-refractivity contribution in [2.75, 3.05) is 0 Å². The lowest BCUT2D eigenvalue weighted by atomic mass is 10.1. The van der Waals surface area contributed by atoms with E-state index < -0.39 is 0 Å². The van der Waals surface area contributed by atoms with Gasteiger partial charge in [0.05, 0.1) is 11.4 Å². The first-order valence-electron chi connectivity index (χ1n) is 4.48. The lowest BCUT2D eigenvalue weighted by Crippen LogP contribution is -1.84. The van der Waals surface area contributed by atoms with Crippen LogP contribution in [0.25, 0.3) is 17.0 Å². The molecule has 2 aromatic heterocycles. The van der Waals surface area contributed by atoms with E-state index in [1.54, 1.807) is 12.4 Å². The fourth-order valence-corrected chi connectivity index (χ4v) is 1.82. The Morgan fingerprint density at radius 2 is 1.36 bits per heavy atom. The second kappa shape index (κ2) is 2.51. The van der Waals surface area contributed by atoms with Crippen LogP contribution in [-0.4, -0.2) is 9.97 Å². The zero-order chi connectivity index (χ0) is 9.54. The number of aromatic nitrogens is 2. The second-order valence-corrected chi connectivity index (χ2v) is 3.28. The van der Waals surface area contributed by atoms with Crippen molar-refractivity contribution in [3.8, 4) is 11.4 Å². The molecule has 0 saturated heterocycles. The molecule has 0 saturated carbocycles. The van der Waals surface area contributed by atoms with E-state index in [-0.39, 0.29) is 0 Å². The van der Waals surface area contributed by atoms with E-state index in [2.05, 4.69) is 16.5 Å². The van der Waals surface area contributed by atoms with Crippen molar-refractivity contribution in [1.29, 1.82) is 0 Å². The Bertz CT molecular complexity index is 482. The Kier molecular flexibility index (Phi) is 1.34. The number of nitrogens with zero attached hydrogens (tertiary/aromatic N) is 2. The van der Waals surface area contributed by atoms with E-state index in [0.29, 0.717) is 0 Å². The molecule has 3 rings (SSSR count). The van der Waals surface area contributed by atoms with Gasteiger partial charge in [-0.15, -0.1) is 0 Å². The van der Waals surface area contributed by atoms with Gasteiger partial charge < -0.3 is 0 Å². The Morgan fingerprint density at radius 3 is 1.86 bits per heavy atom. The third kappa shape index (κ3) is 0.799. The van der Waals surface area contributed by atoms with Crippen LogP contribution in [0.5, 0.6) is 0 Å². The van der Waals surface area contributed by atoms with Crippen molar-refractivity contribution in [3.05, 3.63) is 54.4 Å². The molecule has 0 bridgehead atoms. The predicted octanol–water partition coefficient (Wildman–Crippen LogP) is 2.52. The van der Waals surface area contributed by atoms with Gasteiger partial charge in [-0.2, -0.15) is 0 Å². The van der Waals surface area contributed by atoms with E-state index in [0.717, 1.165) is 28.1 Å². The van der Waals surface area contributed by atoms with E-state index >= 15 is 0 Å². The molecular formula is C12H8N2. The molecule has 14 heavy (non-hydrogen) atoms. The molecule has 0 amide bonds. The average Bonchev–Trinajstić information content (AvgIpc) is 2.55. The maximum atomic E-state index is 4.33. The maximum absolute atomic E-state index is 4.33. The van der Waals surface area contributed by atoms with E-state index in [1.807, 2.05) is 24.3 Å². The molecule has 0 unspecified atom stereocenters. The largest absolute Gasteiger partial charge is 0.254 e. The molecule has 2 heteroatoms. The molecule has 66 valence electrons. The number of pyridine rings is 2. The quantitative estimate of drug-likeness (QED) is 0.531. The summed E-state index contributed by atoms with van der Waals surface area (Å²) in [5.41, 5.74) is 5.12. The van der Waals surface area contributed by atoms with E-state index in [9.17, 15) is 0 Å². The van der Waals surface area contributed by atoms with Crippen LogP contribution in [0.2, 0.25) is 0 Å². The zero-order valence-corrected chi connectivity index (χ0v) is 7.57. The number of hydrogen-bond donors (Lipinski definition) is 0. The summed E-state index contributed by atoms with van der Waals surface area (Å²) in [4.78, 5) is 8.66. The Labute approximate surface area is 82.0 Å². The molecule has 0 aliphatic heterocycles. The molecular weight excluding hydrogens is 172 g/mol. The minimum atomic E-state index is 0.952. The van der Waals surface area contributed by atoms with Crippen molar-refractivity contribution >= 4 is 5.57 Å².